The van der Waals surface area contributed by atoms with Gasteiger partial charge in [-0.3, -0.25) is 14.4 Å². The second-order valence-corrected chi connectivity index (χ2v) is 13.0. The molecule has 7 rings (SSSR count). The molecule has 236 valence electrons. The Kier molecular flexibility index (Phi) is 6.81. The van der Waals surface area contributed by atoms with Crippen LogP contribution in [0, 0.1) is 10.8 Å². The maximum Gasteiger partial charge on any atom is 0.343 e. The van der Waals surface area contributed by atoms with E-state index in [1.807, 2.05) is 32.9 Å². The lowest BCUT2D eigenvalue weighted by Crippen LogP contribution is -2.47. The minimum absolute atomic E-state index is 0.173. The lowest BCUT2D eigenvalue weighted by atomic mass is 9.85. The number of aromatic nitrogens is 2. The molecular weight excluding hydrogens is 580 g/mol. The molecular formula is C34H36N2O9. The van der Waals surface area contributed by atoms with Crippen molar-refractivity contribution in [1.82, 2.24) is 9.55 Å². The molecule has 0 saturated heterocycles. The van der Waals surface area contributed by atoms with Gasteiger partial charge in [-0.2, -0.15) is 0 Å². The number of fused-ring (bicyclic) bond motifs is 5. The molecule has 3 aromatic rings. The van der Waals surface area contributed by atoms with Crippen molar-refractivity contribution in [1.29, 1.82) is 0 Å². The first kappa shape index (κ1) is 29.5. The third kappa shape index (κ3) is 4.70. The summed E-state index contributed by atoms with van der Waals surface area (Å²) in [5, 5.41) is 0.885. The first-order chi connectivity index (χ1) is 21.5. The number of hydrogen-bond acceptors (Lipinski definition) is 10. The van der Waals surface area contributed by atoms with E-state index < -0.39 is 23.8 Å². The fourth-order valence-electron chi connectivity index (χ4n) is 6.33. The van der Waals surface area contributed by atoms with Crippen LogP contribution in [0.3, 0.4) is 0 Å². The van der Waals surface area contributed by atoms with Gasteiger partial charge in [-0.25, -0.2) is 9.78 Å². The SMILES string of the molecule is CCc1c2c(nc3ccc(OCOC(=O)C4(C)CC4)cc13)-c1cc3c(c(=O)n1C2)COC(=O)[C@@]3(CC)OCOC(=O)C1(C)CC1. The van der Waals surface area contributed by atoms with Crippen molar-refractivity contribution in [3.63, 3.8) is 0 Å². The molecule has 4 heterocycles. The molecule has 45 heavy (non-hydrogen) atoms. The van der Waals surface area contributed by atoms with E-state index in [-0.39, 0.29) is 42.7 Å². The molecule has 2 aliphatic heterocycles. The van der Waals surface area contributed by atoms with Crippen LogP contribution in [-0.2, 0) is 58.5 Å². The molecule has 0 spiro atoms. The monoisotopic (exact) mass is 616 g/mol. The normalized spacial score (nSPS) is 21.3. The van der Waals surface area contributed by atoms with Gasteiger partial charge in [0.15, 0.2) is 12.4 Å². The summed E-state index contributed by atoms with van der Waals surface area (Å²) in [5.41, 5.74) is 1.88. The van der Waals surface area contributed by atoms with Crippen LogP contribution >= 0.6 is 0 Å². The minimum Gasteiger partial charge on any atom is -0.458 e. The van der Waals surface area contributed by atoms with Crippen LogP contribution in [0.1, 0.15) is 82.1 Å². The number of benzene rings is 1. The number of pyridine rings is 2. The van der Waals surface area contributed by atoms with Crippen molar-refractivity contribution in [3.8, 4) is 17.1 Å². The standard InChI is InChI=1S/C34H36N2O9/c1-5-20-21-13-19(42-17-43-29(38)32(3)9-10-32)7-8-25(21)35-27-22(20)15-36-26(27)14-24-23(28(36)37)16-41-31(40)34(24,6-2)45-18-44-30(39)33(4)11-12-33/h7-8,13-14H,5-6,9-12,15-18H2,1-4H3/t34-/m0/s1. The summed E-state index contributed by atoms with van der Waals surface area (Å²) in [6.45, 7) is 7.07. The van der Waals surface area contributed by atoms with Crippen LogP contribution in [-0.4, -0.2) is 41.0 Å². The Labute approximate surface area is 259 Å². The van der Waals surface area contributed by atoms with Crippen LogP contribution in [0.4, 0.5) is 0 Å². The molecule has 11 heteroatoms. The smallest absolute Gasteiger partial charge is 0.343 e. The van der Waals surface area contributed by atoms with Gasteiger partial charge in [-0.05, 0) is 82.2 Å². The number of cyclic esters (lactones) is 1. The highest BCUT2D eigenvalue weighted by atomic mass is 16.7. The van der Waals surface area contributed by atoms with E-state index in [9.17, 15) is 19.2 Å². The summed E-state index contributed by atoms with van der Waals surface area (Å²) < 4.78 is 29.6. The Bertz CT molecular complexity index is 1840. The van der Waals surface area contributed by atoms with Gasteiger partial charge in [0, 0.05) is 16.5 Å². The average molecular weight is 617 g/mol. The highest BCUT2D eigenvalue weighted by molar-refractivity contribution is 5.90. The summed E-state index contributed by atoms with van der Waals surface area (Å²) in [6, 6.07) is 7.31. The van der Waals surface area contributed by atoms with Crippen molar-refractivity contribution >= 4 is 28.8 Å². The van der Waals surface area contributed by atoms with Gasteiger partial charge in [0.2, 0.25) is 6.79 Å². The van der Waals surface area contributed by atoms with E-state index in [0.29, 0.717) is 41.2 Å². The zero-order chi connectivity index (χ0) is 31.7. The lowest BCUT2D eigenvalue weighted by molar-refractivity contribution is -0.204. The molecule has 2 aromatic heterocycles. The van der Waals surface area contributed by atoms with Crippen molar-refractivity contribution in [3.05, 3.63) is 56.9 Å². The summed E-state index contributed by atoms with van der Waals surface area (Å²) >= 11 is 0. The van der Waals surface area contributed by atoms with E-state index in [1.165, 1.54) is 0 Å². The maximum absolute atomic E-state index is 13.9. The third-order valence-corrected chi connectivity index (χ3v) is 10.00. The van der Waals surface area contributed by atoms with Gasteiger partial charge < -0.3 is 28.3 Å². The van der Waals surface area contributed by atoms with Crippen molar-refractivity contribution in [2.24, 2.45) is 10.8 Å². The van der Waals surface area contributed by atoms with Gasteiger partial charge >= 0.3 is 17.9 Å². The Morgan fingerprint density at radius 2 is 1.64 bits per heavy atom. The van der Waals surface area contributed by atoms with E-state index in [2.05, 4.69) is 0 Å². The van der Waals surface area contributed by atoms with Crippen molar-refractivity contribution < 1.29 is 38.1 Å². The average Bonchev–Trinajstić information content (AvgIpc) is 3.94. The van der Waals surface area contributed by atoms with Crippen LogP contribution < -0.4 is 10.3 Å². The van der Waals surface area contributed by atoms with E-state index in [0.717, 1.165) is 47.7 Å². The number of carbonyl (C=O) groups is 3. The van der Waals surface area contributed by atoms with Gasteiger partial charge in [0.1, 0.15) is 12.4 Å². The molecule has 0 radical (unpaired) electrons. The molecule has 0 N–H and O–H groups in total. The molecule has 1 atom stereocenters. The molecule has 4 aliphatic rings. The number of esters is 3. The summed E-state index contributed by atoms with van der Waals surface area (Å²) in [7, 11) is 0. The Hall–Kier alpha value is -4.25. The quantitative estimate of drug-likeness (QED) is 0.141. The van der Waals surface area contributed by atoms with Crippen LogP contribution in [0.25, 0.3) is 22.3 Å². The number of nitrogens with zero attached hydrogens (tertiary/aromatic N) is 2. The molecule has 0 amide bonds. The molecule has 0 bridgehead atoms. The van der Waals surface area contributed by atoms with E-state index in [1.54, 1.807) is 23.6 Å². The molecule has 1 aromatic carbocycles. The first-order valence-electron chi connectivity index (χ1n) is 15.5. The number of carbonyl (C=O) groups excluding carboxylic acids is 3. The lowest BCUT2D eigenvalue weighted by Gasteiger charge is -2.35. The van der Waals surface area contributed by atoms with Crippen molar-refractivity contribution in [2.45, 2.75) is 85.0 Å². The summed E-state index contributed by atoms with van der Waals surface area (Å²) in [4.78, 5) is 56.8. The molecule has 2 aliphatic carbocycles. The highest BCUT2D eigenvalue weighted by Crippen LogP contribution is 2.47. The van der Waals surface area contributed by atoms with Gasteiger partial charge in [0.25, 0.3) is 5.56 Å². The highest BCUT2D eigenvalue weighted by Gasteiger charge is 2.50. The maximum atomic E-state index is 13.9. The molecule has 2 fully saturated rings. The number of rotatable bonds is 10. The van der Waals surface area contributed by atoms with Gasteiger partial charge in [0.05, 0.1) is 39.8 Å². The van der Waals surface area contributed by atoms with Crippen molar-refractivity contribution in [2.75, 3.05) is 13.6 Å². The third-order valence-electron chi connectivity index (χ3n) is 10.00. The van der Waals surface area contributed by atoms with Crippen LogP contribution in [0.15, 0.2) is 29.1 Å². The summed E-state index contributed by atoms with van der Waals surface area (Å²) in [6.07, 6.45) is 4.02. The summed E-state index contributed by atoms with van der Waals surface area (Å²) in [5.74, 6) is -0.695. The number of ether oxygens (including phenoxy) is 5. The van der Waals surface area contributed by atoms with Crippen LogP contribution in [0.2, 0.25) is 0 Å². The predicted octanol–water partition coefficient (Wildman–Crippen LogP) is 4.65. The molecule has 11 nitrogen and oxygen atoms in total. The fraction of sp³-hybridized carbons (Fsp3) is 0.500. The minimum atomic E-state index is -1.60. The predicted molar refractivity (Wildman–Crippen MR) is 160 cm³/mol. The molecule has 0 unspecified atom stereocenters. The largest absolute Gasteiger partial charge is 0.458 e. The Morgan fingerprint density at radius 1 is 0.956 bits per heavy atom. The zero-order valence-electron chi connectivity index (χ0n) is 25.9. The zero-order valence-corrected chi connectivity index (χ0v) is 25.9. The second-order valence-electron chi connectivity index (χ2n) is 13.0. The second kappa shape index (κ2) is 10.4. The van der Waals surface area contributed by atoms with E-state index >= 15 is 0 Å². The van der Waals surface area contributed by atoms with Crippen LogP contribution in [0.5, 0.6) is 5.75 Å². The topological polar surface area (TPSA) is 132 Å². The fourth-order valence-corrected chi connectivity index (χ4v) is 6.33. The molecule has 2 saturated carbocycles. The van der Waals surface area contributed by atoms with E-state index in [4.69, 9.17) is 28.7 Å². The number of aryl methyl sites for hydroxylation is 1. The first-order valence-corrected chi connectivity index (χ1v) is 15.5. The van der Waals surface area contributed by atoms with Gasteiger partial charge in [-0.15, -0.1) is 0 Å². The Morgan fingerprint density at radius 3 is 2.29 bits per heavy atom. The number of hydrogen-bond donors (Lipinski definition) is 0. The van der Waals surface area contributed by atoms with Gasteiger partial charge in [-0.1, -0.05) is 13.8 Å². The Balaban J connectivity index is 1.22.